The normalized spacial score (nSPS) is 14.2. The number of H-pyrrole nitrogens is 1. The summed E-state index contributed by atoms with van der Waals surface area (Å²) in [5, 5.41) is 18.2. The van der Waals surface area contributed by atoms with Gasteiger partial charge in [0.1, 0.15) is 12.2 Å². The predicted molar refractivity (Wildman–Crippen MR) is 98.1 cm³/mol. The summed E-state index contributed by atoms with van der Waals surface area (Å²) < 4.78 is 1.93. The molecule has 2 N–H and O–H groups in total. The predicted octanol–water partition coefficient (Wildman–Crippen LogP) is 2.63. The Balaban J connectivity index is 1.48. The third-order valence-corrected chi connectivity index (χ3v) is 5.03. The molecule has 3 aromatic rings. The largest absolute Gasteiger partial charge is 0.321 e. The minimum absolute atomic E-state index is 0.150. The number of benzene rings is 1. The van der Waals surface area contributed by atoms with Gasteiger partial charge in [0, 0.05) is 30.4 Å². The van der Waals surface area contributed by atoms with Crippen molar-refractivity contribution in [1.82, 2.24) is 25.0 Å². The van der Waals surface area contributed by atoms with E-state index in [-0.39, 0.29) is 11.8 Å². The van der Waals surface area contributed by atoms with Gasteiger partial charge < -0.3 is 9.88 Å². The van der Waals surface area contributed by atoms with Crippen LogP contribution in [0.1, 0.15) is 52.4 Å². The van der Waals surface area contributed by atoms with Crippen LogP contribution in [-0.4, -0.2) is 30.9 Å². The highest BCUT2D eigenvalue weighted by atomic mass is 16.1. The van der Waals surface area contributed by atoms with Crippen molar-refractivity contribution in [3.05, 3.63) is 58.9 Å². The van der Waals surface area contributed by atoms with E-state index in [1.165, 1.54) is 0 Å². The lowest BCUT2D eigenvalue weighted by Crippen LogP contribution is -2.14. The highest BCUT2D eigenvalue weighted by Crippen LogP contribution is 2.25. The summed E-state index contributed by atoms with van der Waals surface area (Å²) >= 11 is 0. The first-order valence-corrected chi connectivity index (χ1v) is 8.92. The van der Waals surface area contributed by atoms with Crippen LogP contribution in [0.4, 0.5) is 5.69 Å². The van der Waals surface area contributed by atoms with Crippen LogP contribution >= 0.6 is 0 Å². The fraction of sp³-hybridized carbons (Fsp3) is 0.368. The number of carbonyl (C=O) groups is 1. The number of nitrogens with zero attached hydrogens (tertiary/aromatic N) is 4. The molecule has 1 aromatic carbocycles. The van der Waals surface area contributed by atoms with Crippen LogP contribution in [0.15, 0.2) is 30.6 Å². The number of hydrogen-bond donors (Lipinski definition) is 2. The van der Waals surface area contributed by atoms with Gasteiger partial charge in [-0.05, 0) is 42.9 Å². The number of rotatable bonds is 5. The van der Waals surface area contributed by atoms with Gasteiger partial charge in [0.05, 0.1) is 0 Å². The molecular weight excluding hydrogens is 328 g/mol. The molecule has 0 saturated carbocycles. The zero-order valence-electron chi connectivity index (χ0n) is 15.0. The molecule has 1 aliphatic rings. The minimum Gasteiger partial charge on any atom is -0.321 e. The van der Waals surface area contributed by atoms with Crippen molar-refractivity contribution in [3.63, 3.8) is 0 Å². The number of hydrogen-bond acceptors (Lipinski definition) is 4. The van der Waals surface area contributed by atoms with Crippen molar-refractivity contribution in [2.24, 2.45) is 7.05 Å². The van der Waals surface area contributed by atoms with E-state index in [2.05, 4.69) is 38.7 Å². The van der Waals surface area contributed by atoms with E-state index in [1.54, 1.807) is 6.33 Å². The van der Waals surface area contributed by atoms with Crippen LogP contribution in [0.25, 0.3) is 0 Å². The minimum atomic E-state index is -0.150. The third kappa shape index (κ3) is 3.12. The second-order valence-corrected chi connectivity index (χ2v) is 6.93. The molecule has 0 unspecified atom stereocenters. The first-order chi connectivity index (χ1) is 12.6. The summed E-state index contributed by atoms with van der Waals surface area (Å²) in [7, 11) is 1.95. The molecule has 0 saturated heterocycles. The van der Waals surface area contributed by atoms with E-state index in [9.17, 15) is 4.79 Å². The van der Waals surface area contributed by atoms with E-state index in [0.29, 0.717) is 5.69 Å². The Kier molecular flexibility index (Phi) is 4.28. The first-order valence-electron chi connectivity index (χ1n) is 8.92. The molecule has 7 heteroatoms. The Morgan fingerprint density at radius 3 is 3.08 bits per heavy atom. The highest BCUT2D eigenvalue weighted by molar-refractivity contribution is 6.04. The molecule has 1 atom stereocenters. The molecule has 4 rings (SSSR count). The lowest BCUT2D eigenvalue weighted by Gasteiger charge is -2.13. The Labute approximate surface area is 151 Å². The second-order valence-electron chi connectivity index (χ2n) is 6.93. The lowest BCUT2D eigenvalue weighted by atomic mass is 9.97. The van der Waals surface area contributed by atoms with Crippen molar-refractivity contribution in [3.8, 4) is 0 Å². The second kappa shape index (κ2) is 6.74. The van der Waals surface area contributed by atoms with Gasteiger partial charge in [0.15, 0.2) is 5.69 Å². The Hall–Kier alpha value is -2.96. The molecule has 1 aliphatic carbocycles. The highest BCUT2D eigenvalue weighted by Gasteiger charge is 2.23. The van der Waals surface area contributed by atoms with Gasteiger partial charge in [-0.1, -0.05) is 19.1 Å². The molecular formula is C19H22N6O. The summed E-state index contributed by atoms with van der Waals surface area (Å²) in [5.74, 6) is 1.06. The van der Waals surface area contributed by atoms with Crippen LogP contribution in [0.2, 0.25) is 0 Å². The number of nitrogens with one attached hydrogen (secondary N) is 2. The van der Waals surface area contributed by atoms with E-state index in [4.69, 9.17) is 0 Å². The maximum atomic E-state index is 12.6. The molecule has 2 heterocycles. The van der Waals surface area contributed by atoms with Crippen molar-refractivity contribution in [2.75, 3.05) is 5.32 Å². The molecule has 0 aliphatic heterocycles. The SMILES string of the molecule is C[C@H](Cc1nncn1C)c1cccc(NC(=O)c2n[nH]c3c2CCC3)c1. The Bertz CT molecular complexity index is 941. The van der Waals surface area contributed by atoms with Crippen LogP contribution in [0, 0.1) is 0 Å². The number of anilines is 1. The van der Waals surface area contributed by atoms with Crippen LogP contribution in [-0.2, 0) is 26.3 Å². The molecule has 134 valence electrons. The molecule has 0 spiro atoms. The van der Waals surface area contributed by atoms with Gasteiger partial charge in [-0.25, -0.2) is 0 Å². The van der Waals surface area contributed by atoms with E-state index in [1.807, 2.05) is 29.8 Å². The smallest absolute Gasteiger partial charge is 0.276 e. The maximum Gasteiger partial charge on any atom is 0.276 e. The Morgan fingerprint density at radius 1 is 1.38 bits per heavy atom. The summed E-state index contributed by atoms with van der Waals surface area (Å²) in [4.78, 5) is 12.6. The topological polar surface area (TPSA) is 88.5 Å². The van der Waals surface area contributed by atoms with Crippen molar-refractivity contribution < 1.29 is 4.79 Å². The summed E-state index contributed by atoms with van der Waals surface area (Å²) in [6, 6.07) is 7.96. The standard InChI is InChI=1S/C19H22N6O/c1-12(9-17-23-20-11-25(17)2)13-5-3-6-14(10-13)21-19(26)18-15-7-4-8-16(15)22-24-18/h3,5-6,10-12H,4,7-9H2,1-2H3,(H,21,26)(H,22,24)/t12-/m1/s1. The number of carbonyl (C=O) groups excluding carboxylic acids is 1. The van der Waals surface area contributed by atoms with E-state index < -0.39 is 0 Å². The monoisotopic (exact) mass is 350 g/mol. The van der Waals surface area contributed by atoms with Crippen molar-refractivity contribution >= 4 is 11.6 Å². The number of aryl methyl sites for hydroxylation is 2. The zero-order valence-corrected chi connectivity index (χ0v) is 15.0. The van der Waals surface area contributed by atoms with Gasteiger partial charge in [-0.3, -0.25) is 9.89 Å². The molecule has 2 aromatic heterocycles. The fourth-order valence-electron chi connectivity index (χ4n) is 3.50. The summed E-state index contributed by atoms with van der Waals surface area (Å²) in [6.07, 6.45) is 5.48. The number of aromatic amines is 1. The quantitative estimate of drug-likeness (QED) is 0.740. The van der Waals surface area contributed by atoms with Gasteiger partial charge in [0.25, 0.3) is 5.91 Å². The molecule has 1 amide bonds. The molecule has 0 fully saturated rings. The van der Waals surface area contributed by atoms with Crippen LogP contribution in [0.3, 0.4) is 0 Å². The lowest BCUT2D eigenvalue weighted by molar-refractivity contribution is 0.102. The maximum absolute atomic E-state index is 12.6. The van der Waals surface area contributed by atoms with Crippen molar-refractivity contribution in [2.45, 2.75) is 38.5 Å². The molecule has 26 heavy (non-hydrogen) atoms. The third-order valence-electron chi connectivity index (χ3n) is 5.03. The van der Waals surface area contributed by atoms with Gasteiger partial charge in [-0.2, -0.15) is 5.10 Å². The summed E-state index contributed by atoms with van der Waals surface area (Å²) in [5.41, 5.74) is 4.62. The van der Waals surface area contributed by atoms with Crippen LogP contribution in [0.5, 0.6) is 0 Å². The van der Waals surface area contributed by atoms with E-state index in [0.717, 1.165) is 54.0 Å². The van der Waals surface area contributed by atoms with E-state index >= 15 is 0 Å². The first kappa shape index (κ1) is 16.5. The fourth-order valence-corrected chi connectivity index (χ4v) is 3.50. The molecule has 0 radical (unpaired) electrons. The average Bonchev–Trinajstić information content (AvgIpc) is 3.33. The van der Waals surface area contributed by atoms with Gasteiger partial charge in [0.2, 0.25) is 0 Å². The molecule has 0 bridgehead atoms. The molecule has 7 nitrogen and oxygen atoms in total. The van der Waals surface area contributed by atoms with Gasteiger partial charge >= 0.3 is 0 Å². The Morgan fingerprint density at radius 2 is 2.27 bits per heavy atom. The number of aromatic nitrogens is 5. The zero-order chi connectivity index (χ0) is 18.1. The van der Waals surface area contributed by atoms with Crippen molar-refractivity contribution in [1.29, 1.82) is 0 Å². The average molecular weight is 350 g/mol. The number of fused-ring (bicyclic) bond motifs is 1. The summed E-state index contributed by atoms with van der Waals surface area (Å²) in [6.45, 7) is 2.15. The van der Waals surface area contributed by atoms with Gasteiger partial charge in [-0.15, -0.1) is 10.2 Å². The van der Waals surface area contributed by atoms with Crippen LogP contribution < -0.4 is 5.32 Å². The number of amides is 1.